The molecule has 132 valence electrons. The van der Waals surface area contributed by atoms with E-state index in [9.17, 15) is 4.79 Å². The van der Waals surface area contributed by atoms with Gasteiger partial charge in [0.1, 0.15) is 11.5 Å². The summed E-state index contributed by atoms with van der Waals surface area (Å²) in [5.74, 6) is 1.13. The first kappa shape index (κ1) is 16.9. The standard InChI is InChI=1S/C23H17NO3/c24-15-16-1-4-18(5-2-16)19-6-8-21(9-7-19)27-23(25)14-17-3-10-22-20(13-17)11-12-26-22/h1-10,13H,11-12,14H2. The third kappa shape index (κ3) is 3.83. The van der Waals surface area contributed by atoms with Crippen LogP contribution >= 0.6 is 0 Å². The Kier molecular flexibility index (Phi) is 4.59. The number of carbonyl (C=O) groups excluding carboxylic acids is 1. The van der Waals surface area contributed by atoms with E-state index in [1.807, 2.05) is 42.5 Å². The highest BCUT2D eigenvalue weighted by Gasteiger charge is 2.14. The predicted molar refractivity (Wildman–Crippen MR) is 102 cm³/mol. The maximum atomic E-state index is 12.2. The van der Waals surface area contributed by atoms with Gasteiger partial charge in [0.05, 0.1) is 24.7 Å². The lowest BCUT2D eigenvalue weighted by atomic mass is 10.0. The number of nitrogens with zero attached hydrogens (tertiary/aromatic N) is 1. The van der Waals surface area contributed by atoms with Gasteiger partial charge in [-0.1, -0.05) is 36.4 Å². The zero-order valence-corrected chi connectivity index (χ0v) is 14.6. The molecule has 27 heavy (non-hydrogen) atoms. The molecule has 0 aliphatic carbocycles. The normalized spacial score (nSPS) is 12.0. The van der Waals surface area contributed by atoms with Crippen molar-refractivity contribution in [3.05, 3.63) is 83.4 Å². The van der Waals surface area contributed by atoms with E-state index in [2.05, 4.69) is 6.07 Å². The van der Waals surface area contributed by atoms with Crippen LogP contribution in [0.4, 0.5) is 0 Å². The van der Waals surface area contributed by atoms with Crippen LogP contribution in [0.5, 0.6) is 11.5 Å². The van der Waals surface area contributed by atoms with Crippen molar-refractivity contribution < 1.29 is 14.3 Å². The van der Waals surface area contributed by atoms with Gasteiger partial charge in [-0.15, -0.1) is 0 Å². The van der Waals surface area contributed by atoms with Gasteiger partial charge in [-0.3, -0.25) is 4.79 Å². The molecule has 0 radical (unpaired) electrons. The minimum absolute atomic E-state index is 0.227. The van der Waals surface area contributed by atoms with E-state index in [-0.39, 0.29) is 12.4 Å². The highest BCUT2D eigenvalue weighted by molar-refractivity contribution is 5.76. The number of hydrogen-bond donors (Lipinski definition) is 0. The second-order valence-electron chi connectivity index (χ2n) is 6.40. The summed E-state index contributed by atoms with van der Waals surface area (Å²) in [6, 6.07) is 22.7. The van der Waals surface area contributed by atoms with E-state index in [4.69, 9.17) is 14.7 Å². The van der Waals surface area contributed by atoms with E-state index in [0.717, 1.165) is 34.4 Å². The minimum atomic E-state index is -0.292. The molecule has 0 atom stereocenters. The van der Waals surface area contributed by atoms with Crippen LogP contribution in [-0.4, -0.2) is 12.6 Å². The molecule has 0 saturated carbocycles. The Morgan fingerprint density at radius 1 is 1.00 bits per heavy atom. The molecule has 4 rings (SSSR count). The first-order chi connectivity index (χ1) is 13.2. The molecule has 1 heterocycles. The Morgan fingerprint density at radius 2 is 1.70 bits per heavy atom. The lowest BCUT2D eigenvalue weighted by Gasteiger charge is -2.07. The van der Waals surface area contributed by atoms with Crippen molar-refractivity contribution >= 4 is 5.97 Å². The van der Waals surface area contributed by atoms with Gasteiger partial charge < -0.3 is 9.47 Å². The van der Waals surface area contributed by atoms with Crippen molar-refractivity contribution in [2.75, 3.05) is 6.61 Å². The minimum Gasteiger partial charge on any atom is -0.493 e. The predicted octanol–water partition coefficient (Wildman–Crippen LogP) is 4.31. The summed E-state index contributed by atoms with van der Waals surface area (Å²) in [6.07, 6.45) is 1.11. The van der Waals surface area contributed by atoms with E-state index in [0.29, 0.717) is 17.9 Å². The van der Waals surface area contributed by atoms with Gasteiger partial charge in [0.25, 0.3) is 0 Å². The van der Waals surface area contributed by atoms with Crippen LogP contribution in [0.3, 0.4) is 0 Å². The van der Waals surface area contributed by atoms with Gasteiger partial charge in [0.15, 0.2) is 0 Å². The van der Waals surface area contributed by atoms with Crippen LogP contribution in [0, 0.1) is 11.3 Å². The van der Waals surface area contributed by atoms with Crippen LogP contribution in [0.25, 0.3) is 11.1 Å². The van der Waals surface area contributed by atoms with Gasteiger partial charge in [-0.25, -0.2) is 0 Å². The molecule has 3 aromatic rings. The van der Waals surface area contributed by atoms with Gasteiger partial charge in [-0.05, 0) is 52.6 Å². The molecule has 1 aliphatic rings. The average molecular weight is 355 g/mol. The molecule has 0 N–H and O–H groups in total. The van der Waals surface area contributed by atoms with E-state index >= 15 is 0 Å². The molecule has 0 unspecified atom stereocenters. The van der Waals surface area contributed by atoms with Crippen molar-refractivity contribution in [3.8, 4) is 28.7 Å². The van der Waals surface area contributed by atoms with Crippen LogP contribution in [0.1, 0.15) is 16.7 Å². The number of nitriles is 1. The summed E-state index contributed by atoms with van der Waals surface area (Å²) >= 11 is 0. The molecule has 1 aliphatic heterocycles. The second kappa shape index (κ2) is 7.35. The largest absolute Gasteiger partial charge is 0.493 e. The van der Waals surface area contributed by atoms with Crippen molar-refractivity contribution in [2.24, 2.45) is 0 Å². The first-order valence-electron chi connectivity index (χ1n) is 8.77. The number of benzene rings is 3. The molecule has 0 spiro atoms. The molecule has 4 heteroatoms. The molecular weight excluding hydrogens is 338 g/mol. The fourth-order valence-corrected chi connectivity index (χ4v) is 3.14. The molecule has 3 aromatic carbocycles. The van der Waals surface area contributed by atoms with Crippen LogP contribution in [0.15, 0.2) is 66.7 Å². The molecule has 0 aromatic heterocycles. The quantitative estimate of drug-likeness (QED) is 0.517. The summed E-state index contributed by atoms with van der Waals surface area (Å²) < 4.78 is 10.9. The average Bonchev–Trinajstić information content (AvgIpc) is 3.16. The molecule has 4 nitrogen and oxygen atoms in total. The lowest BCUT2D eigenvalue weighted by Crippen LogP contribution is -2.11. The number of carbonyl (C=O) groups is 1. The van der Waals surface area contributed by atoms with Crippen molar-refractivity contribution in [3.63, 3.8) is 0 Å². The fourth-order valence-electron chi connectivity index (χ4n) is 3.14. The van der Waals surface area contributed by atoms with Crippen molar-refractivity contribution in [2.45, 2.75) is 12.8 Å². The molecule has 0 amide bonds. The summed E-state index contributed by atoms with van der Waals surface area (Å²) in [6.45, 7) is 0.703. The van der Waals surface area contributed by atoms with Gasteiger partial charge >= 0.3 is 5.97 Å². The van der Waals surface area contributed by atoms with E-state index < -0.39 is 0 Å². The number of esters is 1. The maximum Gasteiger partial charge on any atom is 0.315 e. The highest BCUT2D eigenvalue weighted by Crippen LogP contribution is 2.26. The molecule has 0 bridgehead atoms. The Hall–Kier alpha value is -3.58. The molecular formula is C23H17NO3. The monoisotopic (exact) mass is 355 g/mol. The summed E-state index contributed by atoms with van der Waals surface area (Å²) in [4.78, 5) is 12.2. The summed E-state index contributed by atoms with van der Waals surface area (Å²) in [5.41, 5.74) is 4.71. The van der Waals surface area contributed by atoms with E-state index in [1.54, 1.807) is 24.3 Å². The van der Waals surface area contributed by atoms with E-state index in [1.165, 1.54) is 0 Å². The van der Waals surface area contributed by atoms with Crippen LogP contribution in [0.2, 0.25) is 0 Å². The lowest BCUT2D eigenvalue weighted by molar-refractivity contribution is -0.133. The number of ether oxygens (including phenoxy) is 2. The Morgan fingerprint density at radius 3 is 2.41 bits per heavy atom. The van der Waals surface area contributed by atoms with Gasteiger partial charge in [0.2, 0.25) is 0 Å². The Bertz CT molecular complexity index is 1010. The van der Waals surface area contributed by atoms with Crippen LogP contribution in [-0.2, 0) is 17.6 Å². The molecule has 0 saturated heterocycles. The first-order valence-corrected chi connectivity index (χ1v) is 8.77. The highest BCUT2D eigenvalue weighted by atomic mass is 16.5. The van der Waals surface area contributed by atoms with Gasteiger partial charge in [-0.2, -0.15) is 5.26 Å². The zero-order chi connectivity index (χ0) is 18.6. The number of fused-ring (bicyclic) bond motifs is 1. The third-order valence-corrected chi connectivity index (χ3v) is 4.54. The molecule has 0 fully saturated rings. The van der Waals surface area contributed by atoms with Crippen LogP contribution < -0.4 is 9.47 Å². The SMILES string of the molecule is N#Cc1ccc(-c2ccc(OC(=O)Cc3ccc4c(c3)CCO4)cc2)cc1. The number of rotatable bonds is 4. The number of hydrogen-bond acceptors (Lipinski definition) is 4. The summed E-state index contributed by atoms with van der Waals surface area (Å²) in [7, 11) is 0. The third-order valence-electron chi connectivity index (χ3n) is 4.54. The second-order valence-corrected chi connectivity index (χ2v) is 6.40. The van der Waals surface area contributed by atoms with Crippen molar-refractivity contribution in [1.82, 2.24) is 0 Å². The zero-order valence-electron chi connectivity index (χ0n) is 14.6. The smallest absolute Gasteiger partial charge is 0.315 e. The Labute approximate surface area is 157 Å². The van der Waals surface area contributed by atoms with Crippen molar-refractivity contribution in [1.29, 1.82) is 5.26 Å². The Balaban J connectivity index is 1.40. The van der Waals surface area contributed by atoms with Gasteiger partial charge in [0, 0.05) is 6.42 Å². The maximum absolute atomic E-state index is 12.2. The topological polar surface area (TPSA) is 59.3 Å². The fraction of sp³-hybridized carbons (Fsp3) is 0.130. The summed E-state index contributed by atoms with van der Waals surface area (Å²) in [5, 5.41) is 8.87.